The van der Waals surface area contributed by atoms with E-state index in [9.17, 15) is 8.78 Å². The van der Waals surface area contributed by atoms with Gasteiger partial charge in [-0.3, -0.25) is 0 Å². The summed E-state index contributed by atoms with van der Waals surface area (Å²) in [6.07, 6.45) is -2.32. The molecule has 2 nitrogen and oxygen atoms in total. The van der Waals surface area contributed by atoms with E-state index in [1.54, 1.807) is 0 Å². The van der Waals surface area contributed by atoms with Crippen LogP contribution in [-0.2, 0) is 0 Å². The van der Waals surface area contributed by atoms with Crippen LogP contribution in [0.5, 0.6) is 0 Å². The van der Waals surface area contributed by atoms with Crippen LogP contribution in [-0.4, -0.2) is 18.0 Å². The van der Waals surface area contributed by atoms with E-state index in [0.29, 0.717) is 5.13 Å². The summed E-state index contributed by atoms with van der Waals surface area (Å²) in [5.41, 5.74) is 0.900. The van der Waals surface area contributed by atoms with Crippen LogP contribution < -0.4 is 5.32 Å². The summed E-state index contributed by atoms with van der Waals surface area (Å²) in [5, 5.41) is 3.14. The highest BCUT2D eigenvalue weighted by molar-refractivity contribution is 7.15. The van der Waals surface area contributed by atoms with Gasteiger partial charge in [0.2, 0.25) is 0 Å². The lowest BCUT2D eigenvalue weighted by Gasteiger charge is -1.98. The molecule has 0 aromatic carbocycles. The molecule has 0 radical (unpaired) electrons. The van der Waals surface area contributed by atoms with Crippen molar-refractivity contribution in [3.05, 3.63) is 10.6 Å². The summed E-state index contributed by atoms with van der Waals surface area (Å²) in [7, 11) is 0. The Balaban J connectivity index is 2.53. The monoisotopic (exact) mass is 192 g/mol. The van der Waals surface area contributed by atoms with Gasteiger partial charge in [0.25, 0.3) is 6.43 Å². The molecule has 0 bridgehead atoms. The molecule has 0 aliphatic rings. The number of hydrogen-bond acceptors (Lipinski definition) is 3. The lowest BCUT2D eigenvalue weighted by Crippen LogP contribution is -2.09. The molecule has 1 heterocycles. The highest BCUT2D eigenvalue weighted by Crippen LogP contribution is 2.20. The number of nitrogens with zero attached hydrogens (tertiary/aromatic N) is 1. The summed E-state index contributed by atoms with van der Waals surface area (Å²) < 4.78 is 23.5. The van der Waals surface area contributed by atoms with Crippen LogP contribution in [0.1, 0.15) is 10.6 Å². The van der Waals surface area contributed by atoms with E-state index in [0.717, 1.165) is 10.6 Å². The van der Waals surface area contributed by atoms with Crippen LogP contribution in [0.15, 0.2) is 0 Å². The van der Waals surface area contributed by atoms with E-state index in [4.69, 9.17) is 0 Å². The Morgan fingerprint density at radius 1 is 1.50 bits per heavy atom. The number of alkyl halides is 2. The summed E-state index contributed by atoms with van der Waals surface area (Å²) in [6.45, 7) is 3.45. The third-order valence-electron chi connectivity index (χ3n) is 1.44. The van der Waals surface area contributed by atoms with Crippen LogP contribution in [0.3, 0.4) is 0 Å². The molecular formula is C7H10F2N2S. The van der Waals surface area contributed by atoms with E-state index in [-0.39, 0.29) is 6.54 Å². The summed E-state index contributed by atoms with van der Waals surface area (Å²) >= 11 is 1.40. The fourth-order valence-electron chi connectivity index (χ4n) is 0.713. The first kappa shape index (κ1) is 9.38. The van der Waals surface area contributed by atoms with Gasteiger partial charge < -0.3 is 5.32 Å². The second-order valence-corrected chi connectivity index (χ2v) is 3.64. The average Bonchev–Trinajstić information content (AvgIpc) is 2.28. The first-order chi connectivity index (χ1) is 5.59. The molecule has 1 N–H and O–H groups in total. The Labute approximate surface area is 73.6 Å². The molecule has 0 aliphatic carbocycles. The lowest BCUT2D eigenvalue weighted by atomic mass is 10.4. The zero-order chi connectivity index (χ0) is 9.14. The molecule has 0 spiro atoms. The maximum Gasteiger partial charge on any atom is 0.255 e. The van der Waals surface area contributed by atoms with Gasteiger partial charge in [-0.1, -0.05) is 0 Å². The predicted molar refractivity (Wildman–Crippen MR) is 46.1 cm³/mol. The molecule has 1 aromatic heterocycles. The molecule has 0 saturated heterocycles. The maximum atomic E-state index is 11.7. The Bertz CT molecular complexity index is 240. The van der Waals surface area contributed by atoms with E-state index >= 15 is 0 Å². The molecule has 1 aromatic rings. The molecule has 12 heavy (non-hydrogen) atoms. The summed E-state index contributed by atoms with van der Waals surface area (Å²) in [4.78, 5) is 5.12. The molecule has 1 rings (SSSR count). The molecule has 0 fully saturated rings. The van der Waals surface area contributed by atoms with Gasteiger partial charge in [-0.15, -0.1) is 11.3 Å². The van der Waals surface area contributed by atoms with Gasteiger partial charge in [0.15, 0.2) is 5.13 Å². The van der Waals surface area contributed by atoms with Crippen LogP contribution >= 0.6 is 11.3 Å². The van der Waals surface area contributed by atoms with Crippen LogP contribution in [0.2, 0.25) is 0 Å². The van der Waals surface area contributed by atoms with Crippen molar-refractivity contribution in [1.82, 2.24) is 4.98 Å². The minimum Gasteiger partial charge on any atom is -0.356 e. The molecule has 68 valence electrons. The van der Waals surface area contributed by atoms with Gasteiger partial charge in [0.1, 0.15) is 0 Å². The first-order valence-corrected chi connectivity index (χ1v) is 4.37. The third kappa shape index (κ3) is 2.41. The number of rotatable bonds is 3. The van der Waals surface area contributed by atoms with Gasteiger partial charge in [-0.25, -0.2) is 13.8 Å². The number of nitrogens with one attached hydrogen (secondary N) is 1. The van der Waals surface area contributed by atoms with Crippen molar-refractivity contribution in [3.63, 3.8) is 0 Å². The zero-order valence-electron chi connectivity index (χ0n) is 6.90. The van der Waals surface area contributed by atoms with Crippen LogP contribution in [0, 0.1) is 13.8 Å². The normalized spacial score (nSPS) is 10.8. The highest BCUT2D eigenvalue weighted by Gasteiger charge is 2.05. The van der Waals surface area contributed by atoms with Crippen molar-refractivity contribution in [2.24, 2.45) is 0 Å². The first-order valence-electron chi connectivity index (χ1n) is 3.55. The summed E-state index contributed by atoms with van der Waals surface area (Å²) in [6, 6.07) is 0. The minimum absolute atomic E-state index is 0.327. The Kier molecular flexibility index (Phi) is 2.97. The fraction of sp³-hybridized carbons (Fsp3) is 0.571. The van der Waals surface area contributed by atoms with Crippen molar-refractivity contribution in [2.75, 3.05) is 11.9 Å². The molecular weight excluding hydrogens is 182 g/mol. The number of halogens is 2. The Hall–Kier alpha value is -0.710. The van der Waals surface area contributed by atoms with Gasteiger partial charge in [0.05, 0.1) is 12.2 Å². The van der Waals surface area contributed by atoms with Gasteiger partial charge in [-0.05, 0) is 13.8 Å². The lowest BCUT2D eigenvalue weighted by molar-refractivity contribution is 0.163. The second-order valence-electron chi connectivity index (χ2n) is 2.43. The average molecular weight is 192 g/mol. The standard InChI is InChI=1S/C7H10F2N2S/c1-4-5(2)12-7(11-4)10-3-6(8)9/h6H,3H2,1-2H3,(H,10,11). The fourth-order valence-corrected chi connectivity index (χ4v) is 1.53. The van der Waals surface area contributed by atoms with Crippen LogP contribution in [0.4, 0.5) is 13.9 Å². The molecule has 0 unspecified atom stereocenters. The molecule has 0 atom stereocenters. The number of thiazole rings is 1. The number of aromatic nitrogens is 1. The molecule has 0 saturated carbocycles. The van der Waals surface area contributed by atoms with Gasteiger partial charge >= 0.3 is 0 Å². The third-order valence-corrected chi connectivity index (χ3v) is 2.47. The van der Waals surface area contributed by atoms with E-state index in [1.165, 1.54) is 11.3 Å². The van der Waals surface area contributed by atoms with E-state index in [2.05, 4.69) is 10.3 Å². The van der Waals surface area contributed by atoms with Crippen molar-refractivity contribution in [1.29, 1.82) is 0 Å². The number of anilines is 1. The molecule has 5 heteroatoms. The van der Waals surface area contributed by atoms with Crippen molar-refractivity contribution >= 4 is 16.5 Å². The largest absolute Gasteiger partial charge is 0.356 e. The smallest absolute Gasteiger partial charge is 0.255 e. The van der Waals surface area contributed by atoms with Crippen molar-refractivity contribution < 1.29 is 8.78 Å². The van der Waals surface area contributed by atoms with Gasteiger partial charge in [-0.2, -0.15) is 0 Å². The van der Waals surface area contributed by atoms with Crippen molar-refractivity contribution in [3.8, 4) is 0 Å². The molecule has 0 aliphatic heterocycles. The molecule has 0 amide bonds. The topological polar surface area (TPSA) is 24.9 Å². The van der Waals surface area contributed by atoms with E-state index in [1.807, 2.05) is 13.8 Å². The second kappa shape index (κ2) is 3.80. The maximum absolute atomic E-state index is 11.7. The predicted octanol–water partition coefficient (Wildman–Crippen LogP) is 2.44. The SMILES string of the molecule is Cc1nc(NCC(F)F)sc1C. The highest BCUT2D eigenvalue weighted by atomic mass is 32.1. The number of aryl methyl sites for hydroxylation is 2. The zero-order valence-corrected chi connectivity index (χ0v) is 7.71. The quantitative estimate of drug-likeness (QED) is 0.795. The van der Waals surface area contributed by atoms with Gasteiger partial charge in [0, 0.05) is 4.88 Å². The van der Waals surface area contributed by atoms with E-state index < -0.39 is 6.43 Å². The van der Waals surface area contributed by atoms with Crippen LogP contribution in [0.25, 0.3) is 0 Å². The minimum atomic E-state index is -2.32. The number of hydrogen-bond donors (Lipinski definition) is 1. The van der Waals surface area contributed by atoms with Crippen molar-refractivity contribution in [2.45, 2.75) is 20.3 Å². The Morgan fingerprint density at radius 2 is 2.17 bits per heavy atom. The Morgan fingerprint density at radius 3 is 2.58 bits per heavy atom. The summed E-state index contributed by atoms with van der Waals surface area (Å²) in [5.74, 6) is 0.